The van der Waals surface area contributed by atoms with Gasteiger partial charge in [0.25, 0.3) is 0 Å². The molecule has 1 N–H and O–H groups in total. The van der Waals surface area contributed by atoms with Gasteiger partial charge in [-0.2, -0.15) is 4.31 Å². The average molecular weight is 389 g/mol. The summed E-state index contributed by atoms with van der Waals surface area (Å²) < 4.78 is 26.3. The highest BCUT2D eigenvalue weighted by molar-refractivity contribution is 7.89. The van der Waals surface area contributed by atoms with Crippen LogP contribution in [0, 0.1) is 27.7 Å². The van der Waals surface area contributed by atoms with Crippen molar-refractivity contribution in [1.29, 1.82) is 0 Å². The van der Waals surface area contributed by atoms with Crippen LogP contribution in [0.5, 0.6) is 0 Å². The Labute approximate surface area is 162 Å². The summed E-state index contributed by atoms with van der Waals surface area (Å²) in [5.74, 6) is -0.335. The van der Waals surface area contributed by atoms with E-state index in [0.29, 0.717) is 0 Å². The van der Waals surface area contributed by atoms with Crippen molar-refractivity contribution in [3.8, 4) is 0 Å². The maximum atomic E-state index is 12.6. The van der Waals surface area contributed by atoms with Gasteiger partial charge in [0, 0.05) is 7.05 Å². The molecule has 5 nitrogen and oxygen atoms in total. The Kier molecular flexibility index (Phi) is 6.44. The van der Waals surface area contributed by atoms with E-state index in [-0.39, 0.29) is 23.4 Å². The maximum Gasteiger partial charge on any atom is 0.243 e. The SMILES string of the molecule is Cc1ccc(S(=O)(=O)N(C)CC(=O)N[C@@H](C)c2cc(C)c(C)cc2C)cc1. The second-order valence-electron chi connectivity index (χ2n) is 7.16. The highest BCUT2D eigenvalue weighted by Gasteiger charge is 2.23. The summed E-state index contributed by atoms with van der Waals surface area (Å²) in [6.45, 7) is 9.67. The molecule has 0 bridgehead atoms. The molecule has 0 saturated carbocycles. The Bertz CT molecular complexity index is 935. The number of hydrogen-bond donors (Lipinski definition) is 1. The number of carbonyl (C=O) groups is 1. The first-order valence-corrected chi connectivity index (χ1v) is 10.4. The van der Waals surface area contributed by atoms with Gasteiger partial charge in [-0.1, -0.05) is 29.8 Å². The molecule has 27 heavy (non-hydrogen) atoms. The number of nitrogens with one attached hydrogen (secondary N) is 1. The van der Waals surface area contributed by atoms with Gasteiger partial charge in [0.15, 0.2) is 0 Å². The Balaban J connectivity index is 2.08. The fourth-order valence-electron chi connectivity index (χ4n) is 2.99. The molecule has 0 aliphatic heterocycles. The number of likely N-dealkylation sites (N-methyl/N-ethyl adjacent to an activating group) is 1. The monoisotopic (exact) mass is 388 g/mol. The Morgan fingerprint density at radius 1 is 1.00 bits per heavy atom. The minimum absolute atomic E-state index is 0.182. The van der Waals surface area contributed by atoms with Crippen LogP contribution in [-0.4, -0.2) is 32.2 Å². The van der Waals surface area contributed by atoms with Crippen molar-refractivity contribution in [3.63, 3.8) is 0 Å². The number of hydrogen-bond acceptors (Lipinski definition) is 3. The summed E-state index contributed by atoms with van der Waals surface area (Å²) in [6, 6.07) is 10.6. The van der Waals surface area contributed by atoms with Crippen LogP contribution in [-0.2, 0) is 14.8 Å². The second kappa shape index (κ2) is 8.23. The number of nitrogens with zero attached hydrogens (tertiary/aromatic N) is 1. The Morgan fingerprint density at radius 2 is 1.56 bits per heavy atom. The minimum atomic E-state index is -3.70. The van der Waals surface area contributed by atoms with E-state index in [1.54, 1.807) is 24.3 Å². The number of sulfonamides is 1. The number of benzene rings is 2. The quantitative estimate of drug-likeness (QED) is 0.825. The van der Waals surface area contributed by atoms with Gasteiger partial charge < -0.3 is 5.32 Å². The van der Waals surface area contributed by atoms with Crippen molar-refractivity contribution in [3.05, 3.63) is 64.2 Å². The summed E-state index contributed by atoms with van der Waals surface area (Å²) in [6.07, 6.45) is 0. The molecule has 1 atom stereocenters. The molecule has 0 radical (unpaired) electrons. The van der Waals surface area contributed by atoms with Gasteiger partial charge in [-0.25, -0.2) is 8.42 Å². The molecule has 6 heteroatoms. The normalized spacial score (nSPS) is 12.9. The molecular formula is C21H28N2O3S. The first kappa shape index (κ1) is 21.1. The molecule has 0 spiro atoms. The molecule has 0 unspecified atom stereocenters. The van der Waals surface area contributed by atoms with Crippen molar-refractivity contribution in [2.75, 3.05) is 13.6 Å². The molecule has 2 aromatic carbocycles. The fourth-order valence-corrected chi connectivity index (χ4v) is 4.12. The number of amides is 1. The summed E-state index contributed by atoms with van der Waals surface area (Å²) in [5, 5.41) is 2.90. The lowest BCUT2D eigenvalue weighted by Gasteiger charge is -2.21. The highest BCUT2D eigenvalue weighted by atomic mass is 32.2. The van der Waals surface area contributed by atoms with Crippen molar-refractivity contribution in [1.82, 2.24) is 9.62 Å². The van der Waals surface area contributed by atoms with Crippen molar-refractivity contribution in [2.24, 2.45) is 0 Å². The Hall–Kier alpha value is -2.18. The number of carbonyl (C=O) groups excluding carboxylic acids is 1. The third-order valence-electron chi connectivity index (χ3n) is 4.82. The zero-order valence-electron chi connectivity index (χ0n) is 16.8. The van der Waals surface area contributed by atoms with E-state index in [0.717, 1.165) is 26.6 Å². The van der Waals surface area contributed by atoms with Crippen LogP contribution >= 0.6 is 0 Å². The van der Waals surface area contributed by atoms with Gasteiger partial charge >= 0.3 is 0 Å². The van der Waals surface area contributed by atoms with Crippen molar-refractivity contribution < 1.29 is 13.2 Å². The van der Waals surface area contributed by atoms with Gasteiger partial charge in [0.05, 0.1) is 17.5 Å². The lowest BCUT2D eigenvalue weighted by molar-refractivity contribution is -0.121. The topological polar surface area (TPSA) is 66.5 Å². The molecule has 0 aliphatic rings. The molecular weight excluding hydrogens is 360 g/mol. The zero-order chi connectivity index (χ0) is 20.4. The predicted molar refractivity (Wildman–Crippen MR) is 108 cm³/mol. The predicted octanol–water partition coefficient (Wildman–Crippen LogP) is 3.42. The molecule has 0 aromatic heterocycles. The van der Waals surface area contributed by atoms with Crippen LogP contribution in [0.2, 0.25) is 0 Å². The largest absolute Gasteiger partial charge is 0.348 e. The van der Waals surface area contributed by atoms with Gasteiger partial charge in [0.1, 0.15) is 0 Å². The third kappa shape index (κ3) is 4.96. The maximum absolute atomic E-state index is 12.6. The first-order valence-electron chi connectivity index (χ1n) is 8.92. The van der Waals surface area contributed by atoms with Crippen molar-refractivity contribution in [2.45, 2.75) is 45.6 Å². The van der Waals surface area contributed by atoms with E-state index in [9.17, 15) is 13.2 Å². The van der Waals surface area contributed by atoms with E-state index in [1.807, 2.05) is 27.7 Å². The van der Waals surface area contributed by atoms with E-state index in [4.69, 9.17) is 0 Å². The molecule has 0 saturated heterocycles. The van der Waals surface area contributed by atoms with Crippen LogP contribution < -0.4 is 5.32 Å². The summed E-state index contributed by atoms with van der Waals surface area (Å²) in [4.78, 5) is 12.6. The van der Waals surface area contributed by atoms with E-state index in [2.05, 4.69) is 24.4 Å². The van der Waals surface area contributed by atoms with Crippen LogP contribution in [0.3, 0.4) is 0 Å². The molecule has 1 amide bonds. The molecule has 2 aromatic rings. The van der Waals surface area contributed by atoms with Crippen LogP contribution in [0.4, 0.5) is 0 Å². The third-order valence-corrected chi connectivity index (χ3v) is 6.64. The number of aryl methyl sites for hydroxylation is 4. The van der Waals surface area contributed by atoms with Crippen LogP contribution in [0.15, 0.2) is 41.3 Å². The van der Waals surface area contributed by atoms with Gasteiger partial charge in [-0.05, 0) is 69.0 Å². The van der Waals surface area contributed by atoms with Crippen molar-refractivity contribution >= 4 is 15.9 Å². The lowest BCUT2D eigenvalue weighted by Crippen LogP contribution is -2.39. The van der Waals surface area contributed by atoms with Crippen LogP contribution in [0.1, 0.15) is 40.8 Å². The average Bonchev–Trinajstić information content (AvgIpc) is 2.58. The molecule has 0 aliphatic carbocycles. The first-order chi connectivity index (χ1) is 12.5. The Morgan fingerprint density at radius 3 is 2.15 bits per heavy atom. The van der Waals surface area contributed by atoms with E-state index in [1.165, 1.54) is 12.6 Å². The molecule has 146 valence electrons. The van der Waals surface area contributed by atoms with E-state index >= 15 is 0 Å². The van der Waals surface area contributed by atoms with Crippen LogP contribution in [0.25, 0.3) is 0 Å². The van der Waals surface area contributed by atoms with Gasteiger partial charge in [-0.3, -0.25) is 4.79 Å². The number of rotatable bonds is 6. The van der Waals surface area contributed by atoms with E-state index < -0.39 is 10.0 Å². The zero-order valence-corrected chi connectivity index (χ0v) is 17.6. The second-order valence-corrected chi connectivity index (χ2v) is 9.20. The minimum Gasteiger partial charge on any atom is -0.348 e. The molecule has 2 rings (SSSR count). The standard InChI is InChI=1S/C21H28N2O3S/c1-14-7-9-19(10-8-14)27(25,26)23(6)13-21(24)22-18(5)20-12-16(3)15(2)11-17(20)4/h7-12,18H,13H2,1-6H3,(H,22,24)/t18-/m0/s1. The summed E-state index contributed by atoms with van der Waals surface area (Å²) in [5.41, 5.74) is 5.49. The summed E-state index contributed by atoms with van der Waals surface area (Å²) in [7, 11) is -2.28. The summed E-state index contributed by atoms with van der Waals surface area (Å²) >= 11 is 0. The van der Waals surface area contributed by atoms with Gasteiger partial charge in [0.2, 0.25) is 15.9 Å². The molecule has 0 heterocycles. The molecule has 0 fully saturated rings. The smallest absolute Gasteiger partial charge is 0.243 e. The van der Waals surface area contributed by atoms with Gasteiger partial charge in [-0.15, -0.1) is 0 Å². The fraction of sp³-hybridized carbons (Fsp3) is 0.381. The lowest BCUT2D eigenvalue weighted by atomic mass is 9.96. The highest BCUT2D eigenvalue weighted by Crippen LogP contribution is 2.22.